The molecule has 4 heteroatoms. The van der Waals surface area contributed by atoms with Gasteiger partial charge in [-0.1, -0.05) is 49.2 Å². The van der Waals surface area contributed by atoms with Crippen molar-refractivity contribution in [3.63, 3.8) is 0 Å². The number of benzene rings is 1. The zero-order valence-corrected chi connectivity index (χ0v) is 13.1. The van der Waals surface area contributed by atoms with Crippen molar-refractivity contribution < 1.29 is 0 Å². The fourth-order valence-electron chi connectivity index (χ4n) is 2.35. The van der Waals surface area contributed by atoms with Crippen LogP contribution in [0.3, 0.4) is 0 Å². The molecule has 2 aromatic rings. The highest BCUT2D eigenvalue weighted by molar-refractivity contribution is 6.35. The first-order valence-corrected chi connectivity index (χ1v) is 7.48. The maximum absolute atomic E-state index is 6.35. The quantitative estimate of drug-likeness (QED) is 0.854. The molecule has 0 saturated carbocycles. The minimum atomic E-state index is 0.111. The number of hydrogen-bond acceptors (Lipinski definition) is 2. The van der Waals surface area contributed by atoms with E-state index in [0.29, 0.717) is 10.0 Å². The van der Waals surface area contributed by atoms with Crippen LogP contribution in [-0.4, -0.2) is 11.5 Å². The van der Waals surface area contributed by atoms with Crippen LogP contribution in [0.1, 0.15) is 37.1 Å². The first-order valence-electron chi connectivity index (χ1n) is 6.72. The number of nitrogens with zero attached hydrogens (tertiary/aromatic N) is 1. The van der Waals surface area contributed by atoms with Gasteiger partial charge in [-0.05, 0) is 36.4 Å². The molecule has 2 unspecified atom stereocenters. The van der Waals surface area contributed by atoms with E-state index in [1.165, 1.54) is 0 Å². The van der Waals surface area contributed by atoms with Gasteiger partial charge in [0.25, 0.3) is 0 Å². The Balaban J connectivity index is 2.35. The predicted octanol–water partition coefficient (Wildman–Crippen LogP) is 4.84. The van der Waals surface area contributed by atoms with Crippen LogP contribution in [0, 0.1) is 0 Å². The van der Waals surface area contributed by atoms with Crippen molar-refractivity contribution in [1.29, 1.82) is 0 Å². The van der Waals surface area contributed by atoms with Gasteiger partial charge in [-0.2, -0.15) is 0 Å². The molecule has 106 valence electrons. The molecule has 0 spiro atoms. The first kappa shape index (κ1) is 15.3. The molecule has 0 saturated heterocycles. The molecule has 1 aromatic carbocycles. The molecule has 0 bridgehead atoms. The molecule has 0 aliphatic rings. The number of likely N-dealkylation sites (N-methyl/N-ethyl adjacent to an activating group) is 1. The predicted molar refractivity (Wildman–Crippen MR) is 85.5 cm³/mol. The molecular formula is C16H18Cl2N2. The maximum Gasteiger partial charge on any atom is 0.0468 e. The van der Waals surface area contributed by atoms with E-state index in [0.717, 1.165) is 17.8 Å². The third-order valence-corrected chi connectivity index (χ3v) is 3.94. The number of nitrogens with one attached hydrogen (secondary N) is 1. The van der Waals surface area contributed by atoms with Crippen LogP contribution in [0.25, 0.3) is 0 Å². The van der Waals surface area contributed by atoms with Gasteiger partial charge >= 0.3 is 0 Å². The smallest absolute Gasteiger partial charge is 0.0468 e. The minimum Gasteiger partial charge on any atom is -0.310 e. The van der Waals surface area contributed by atoms with Gasteiger partial charge in [-0.3, -0.25) is 4.98 Å². The number of halogens is 2. The first-order chi connectivity index (χ1) is 9.63. The van der Waals surface area contributed by atoms with Crippen LogP contribution in [0.2, 0.25) is 10.0 Å². The van der Waals surface area contributed by atoms with Crippen molar-refractivity contribution in [1.82, 2.24) is 10.3 Å². The third kappa shape index (κ3) is 3.51. The van der Waals surface area contributed by atoms with E-state index >= 15 is 0 Å². The Kier molecular flexibility index (Phi) is 5.41. The van der Waals surface area contributed by atoms with Crippen LogP contribution in [-0.2, 0) is 0 Å². The fourth-order valence-corrected chi connectivity index (χ4v) is 2.87. The van der Waals surface area contributed by atoms with E-state index in [4.69, 9.17) is 23.2 Å². The van der Waals surface area contributed by atoms with Crippen LogP contribution in [0.15, 0.2) is 42.6 Å². The van der Waals surface area contributed by atoms with Crippen LogP contribution >= 0.6 is 23.2 Å². The van der Waals surface area contributed by atoms with E-state index < -0.39 is 0 Å². The van der Waals surface area contributed by atoms with Gasteiger partial charge in [0.05, 0.1) is 0 Å². The number of aromatic nitrogens is 1. The molecule has 0 aliphatic heterocycles. The number of hydrogen-bond donors (Lipinski definition) is 1. The van der Waals surface area contributed by atoms with Crippen molar-refractivity contribution in [2.24, 2.45) is 0 Å². The van der Waals surface area contributed by atoms with Gasteiger partial charge in [-0.15, -0.1) is 0 Å². The Morgan fingerprint density at radius 2 is 2.00 bits per heavy atom. The van der Waals surface area contributed by atoms with Crippen molar-refractivity contribution >= 4 is 23.2 Å². The van der Waals surface area contributed by atoms with Crippen molar-refractivity contribution in [2.45, 2.75) is 25.8 Å². The largest absolute Gasteiger partial charge is 0.310 e. The van der Waals surface area contributed by atoms with E-state index in [9.17, 15) is 0 Å². The SMILES string of the molecule is CCNC(c1ccc(Cl)cc1Cl)C(C)c1ccccn1. The van der Waals surface area contributed by atoms with Crippen LogP contribution < -0.4 is 5.32 Å². The third-order valence-electron chi connectivity index (χ3n) is 3.38. The Morgan fingerprint density at radius 3 is 2.60 bits per heavy atom. The monoisotopic (exact) mass is 308 g/mol. The second kappa shape index (κ2) is 7.07. The Morgan fingerprint density at radius 1 is 1.20 bits per heavy atom. The average molecular weight is 309 g/mol. The van der Waals surface area contributed by atoms with Crippen LogP contribution in [0.5, 0.6) is 0 Å². The summed E-state index contributed by atoms with van der Waals surface area (Å²) >= 11 is 12.3. The molecule has 1 heterocycles. The molecule has 0 radical (unpaired) electrons. The zero-order valence-electron chi connectivity index (χ0n) is 11.6. The molecule has 2 rings (SSSR count). The minimum absolute atomic E-state index is 0.111. The van der Waals surface area contributed by atoms with Gasteiger partial charge < -0.3 is 5.32 Å². The summed E-state index contributed by atoms with van der Waals surface area (Å²) in [4.78, 5) is 4.45. The molecule has 2 atom stereocenters. The van der Waals surface area contributed by atoms with Gasteiger partial charge in [0, 0.05) is 33.9 Å². The second-order valence-corrected chi connectivity index (χ2v) is 5.59. The molecule has 1 aromatic heterocycles. The number of rotatable bonds is 5. The summed E-state index contributed by atoms with van der Waals surface area (Å²) in [5.41, 5.74) is 2.10. The molecular weight excluding hydrogens is 291 g/mol. The highest BCUT2D eigenvalue weighted by atomic mass is 35.5. The topological polar surface area (TPSA) is 24.9 Å². The van der Waals surface area contributed by atoms with Gasteiger partial charge in [0.15, 0.2) is 0 Å². The lowest BCUT2D eigenvalue weighted by Crippen LogP contribution is -2.26. The summed E-state index contributed by atoms with van der Waals surface area (Å²) in [7, 11) is 0. The maximum atomic E-state index is 6.35. The summed E-state index contributed by atoms with van der Waals surface area (Å²) in [6, 6.07) is 11.7. The Bertz CT molecular complexity index is 558. The molecule has 0 aliphatic carbocycles. The highest BCUT2D eigenvalue weighted by Crippen LogP contribution is 2.34. The van der Waals surface area contributed by atoms with E-state index in [1.54, 1.807) is 6.07 Å². The average Bonchev–Trinajstić information content (AvgIpc) is 2.46. The number of pyridine rings is 1. The molecule has 2 nitrogen and oxygen atoms in total. The standard InChI is InChI=1S/C16H18Cl2N2/c1-3-19-16(11(2)15-6-4-5-9-20-15)13-8-7-12(17)10-14(13)18/h4-11,16,19H,3H2,1-2H3. The Hall–Kier alpha value is -1.09. The molecule has 0 amide bonds. The van der Waals surface area contributed by atoms with Gasteiger partial charge in [-0.25, -0.2) is 0 Å². The lowest BCUT2D eigenvalue weighted by Gasteiger charge is -2.26. The van der Waals surface area contributed by atoms with Crippen LogP contribution in [0.4, 0.5) is 0 Å². The molecule has 20 heavy (non-hydrogen) atoms. The lowest BCUT2D eigenvalue weighted by atomic mass is 9.91. The van der Waals surface area contributed by atoms with Gasteiger partial charge in [0.2, 0.25) is 0 Å². The van der Waals surface area contributed by atoms with E-state index in [1.807, 2.05) is 36.5 Å². The lowest BCUT2D eigenvalue weighted by molar-refractivity contribution is 0.472. The van der Waals surface area contributed by atoms with Crippen molar-refractivity contribution in [2.75, 3.05) is 6.54 Å². The normalized spacial score (nSPS) is 14.0. The second-order valence-electron chi connectivity index (χ2n) is 4.74. The summed E-state index contributed by atoms with van der Waals surface area (Å²) in [5.74, 6) is 0.217. The van der Waals surface area contributed by atoms with E-state index in [-0.39, 0.29) is 12.0 Å². The summed E-state index contributed by atoms with van der Waals surface area (Å²) in [6.45, 7) is 5.10. The van der Waals surface area contributed by atoms with Gasteiger partial charge in [0.1, 0.15) is 0 Å². The summed E-state index contributed by atoms with van der Waals surface area (Å²) in [5, 5.41) is 4.83. The highest BCUT2D eigenvalue weighted by Gasteiger charge is 2.23. The Labute approximate surface area is 130 Å². The fraction of sp³-hybridized carbons (Fsp3) is 0.312. The summed E-state index contributed by atoms with van der Waals surface area (Å²) in [6.07, 6.45) is 1.82. The van der Waals surface area contributed by atoms with E-state index in [2.05, 4.69) is 24.1 Å². The molecule has 0 fully saturated rings. The van der Waals surface area contributed by atoms with Crippen molar-refractivity contribution in [3.05, 3.63) is 63.9 Å². The zero-order chi connectivity index (χ0) is 14.5. The summed E-state index contributed by atoms with van der Waals surface area (Å²) < 4.78 is 0. The van der Waals surface area contributed by atoms with Crippen molar-refractivity contribution in [3.8, 4) is 0 Å². The molecule has 1 N–H and O–H groups in total.